The Hall–Kier alpha value is -1.42. The number of halogens is 1. The first-order valence-corrected chi connectivity index (χ1v) is 4.54. The third-order valence-electron chi connectivity index (χ3n) is 2.22. The van der Waals surface area contributed by atoms with E-state index in [-0.39, 0.29) is 11.7 Å². The van der Waals surface area contributed by atoms with Crippen molar-refractivity contribution in [1.29, 1.82) is 0 Å². The van der Waals surface area contributed by atoms with Crippen molar-refractivity contribution in [3.63, 3.8) is 0 Å². The SMILES string of the molecule is O=C1NCCN[C@H]1c1cccc(F)c1. The molecule has 0 radical (unpaired) electrons. The maximum Gasteiger partial charge on any atom is 0.241 e. The average Bonchev–Trinajstić information content (AvgIpc) is 2.18. The Morgan fingerprint density at radius 2 is 2.21 bits per heavy atom. The number of amides is 1. The summed E-state index contributed by atoms with van der Waals surface area (Å²) in [4.78, 5) is 11.4. The summed E-state index contributed by atoms with van der Waals surface area (Å²) in [6.45, 7) is 1.34. The van der Waals surface area contributed by atoms with Crippen LogP contribution in [0, 0.1) is 5.82 Å². The molecule has 3 nitrogen and oxygen atoms in total. The van der Waals surface area contributed by atoms with Crippen molar-refractivity contribution < 1.29 is 9.18 Å². The summed E-state index contributed by atoms with van der Waals surface area (Å²) in [5, 5.41) is 5.76. The highest BCUT2D eigenvalue weighted by Crippen LogP contribution is 2.15. The molecule has 0 bridgehead atoms. The Morgan fingerprint density at radius 1 is 1.36 bits per heavy atom. The number of hydrogen-bond acceptors (Lipinski definition) is 2. The summed E-state index contributed by atoms with van der Waals surface area (Å²) < 4.78 is 12.9. The molecule has 0 aromatic heterocycles. The van der Waals surface area contributed by atoms with Gasteiger partial charge in [-0.2, -0.15) is 0 Å². The van der Waals surface area contributed by atoms with Crippen molar-refractivity contribution in [3.8, 4) is 0 Å². The first kappa shape index (κ1) is 9.15. The minimum Gasteiger partial charge on any atom is -0.353 e. The second-order valence-electron chi connectivity index (χ2n) is 3.23. The van der Waals surface area contributed by atoms with Crippen LogP contribution in [0.25, 0.3) is 0 Å². The fourth-order valence-corrected chi connectivity index (χ4v) is 1.55. The van der Waals surface area contributed by atoms with Gasteiger partial charge in [-0.25, -0.2) is 4.39 Å². The van der Waals surface area contributed by atoms with E-state index in [2.05, 4.69) is 10.6 Å². The van der Waals surface area contributed by atoms with Gasteiger partial charge in [-0.15, -0.1) is 0 Å². The van der Waals surface area contributed by atoms with Gasteiger partial charge >= 0.3 is 0 Å². The smallest absolute Gasteiger partial charge is 0.241 e. The predicted molar refractivity (Wildman–Crippen MR) is 50.2 cm³/mol. The van der Waals surface area contributed by atoms with E-state index in [4.69, 9.17) is 0 Å². The number of benzene rings is 1. The molecule has 1 atom stereocenters. The second-order valence-corrected chi connectivity index (χ2v) is 3.23. The minimum atomic E-state index is -0.417. The molecular formula is C10H11FN2O. The van der Waals surface area contributed by atoms with E-state index in [1.165, 1.54) is 12.1 Å². The van der Waals surface area contributed by atoms with E-state index < -0.39 is 6.04 Å². The highest BCUT2D eigenvalue weighted by molar-refractivity contribution is 5.83. The lowest BCUT2D eigenvalue weighted by Crippen LogP contribution is -2.47. The summed E-state index contributed by atoms with van der Waals surface area (Å²) in [5.41, 5.74) is 0.669. The number of rotatable bonds is 1. The Morgan fingerprint density at radius 3 is 2.93 bits per heavy atom. The zero-order chi connectivity index (χ0) is 9.97. The van der Waals surface area contributed by atoms with Crippen LogP contribution in [0.15, 0.2) is 24.3 Å². The van der Waals surface area contributed by atoms with Crippen LogP contribution in [0.3, 0.4) is 0 Å². The van der Waals surface area contributed by atoms with Gasteiger partial charge in [0.15, 0.2) is 0 Å². The van der Waals surface area contributed by atoms with Crippen molar-refractivity contribution in [2.75, 3.05) is 13.1 Å². The molecule has 2 rings (SSSR count). The van der Waals surface area contributed by atoms with Gasteiger partial charge in [0.25, 0.3) is 0 Å². The van der Waals surface area contributed by atoms with Crippen molar-refractivity contribution in [1.82, 2.24) is 10.6 Å². The summed E-state index contributed by atoms with van der Waals surface area (Å²) in [6, 6.07) is 5.67. The first-order valence-electron chi connectivity index (χ1n) is 4.54. The third-order valence-corrected chi connectivity index (χ3v) is 2.22. The molecule has 14 heavy (non-hydrogen) atoms. The van der Waals surface area contributed by atoms with E-state index in [1.54, 1.807) is 12.1 Å². The zero-order valence-corrected chi connectivity index (χ0v) is 7.59. The molecule has 1 aliphatic rings. The number of nitrogens with one attached hydrogen (secondary N) is 2. The highest BCUT2D eigenvalue weighted by Gasteiger charge is 2.22. The lowest BCUT2D eigenvalue weighted by atomic mass is 10.0. The topological polar surface area (TPSA) is 41.1 Å². The van der Waals surface area contributed by atoms with Gasteiger partial charge in [-0.3, -0.25) is 4.79 Å². The Kier molecular flexibility index (Phi) is 2.45. The van der Waals surface area contributed by atoms with Crippen molar-refractivity contribution in [2.24, 2.45) is 0 Å². The van der Waals surface area contributed by atoms with Crippen molar-refractivity contribution in [3.05, 3.63) is 35.6 Å². The molecule has 0 aliphatic carbocycles. The van der Waals surface area contributed by atoms with Crippen LogP contribution in [0.1, 0.15) is 11.6 Å². The molecule has 1 saturated heterocycles. The van der Waals surface area contributed by atoms with Crippen LogP contribution in [-0.2, 0) is 4.79 Å². The van der Waals surface area contributed by atoms with Gasteiger partial charge in [0.05, 0.1) is 0 Å². The van der Waals surface area contributed by atoms with E-state index in [0.717, 1.165) is 0 Å². The first-order chi connectivity index (χ1) is 6.77. The molecule has 1 aromatic rings. The van der Waals surface area contributed by atoms with Gasteiger partial charge < -0.3 is 10.6 Å². The van der Waals surface area contributed by atoms with E-state index >= 15 is 0 Å². The summed E-state index contributed by atoms with van der Waals surface area (Å²) >= 11 is 0. The summed E-state index contributed by atoms with van der Waals surface area (Å²) in [6.07, 6.45) is 0. The lowest BCUT2D eigenvalue weighted by Gasteiger charge is -2.23. The molecule has 74 valence electrons. The maximum absolute atomic E-state index is 12.9. The molecule has 1 aliphatic heterocycles. The van der Waals surface area contributed by atoms with Gasteiger partial charge in [0.2, 0.25) is 5.91 Å². The summed E-state index contributed by atoms with van der Waals surface area (Å²) in [5.74, 6) is -0.412. The molecule has 0 spiro atoms. The van der Waals surface area contributed by atoms with Crippen LogP contribution < -0.4 is 10.6 Å². The molecule has 1 amide bonds. The van der Waals surface area contributed by atoms with Crippen LogP contribution in [0.5, 0.6) is 0 Å². The van der Waals surface area contributed by atoms with Gasteiger partial charge in [-0.05, 0) is 17.7 Å². The third kappa shape index (κ3) is 1.75. The normalized spacial score (nSPS) is 21.8. The second kappa shape index (κ2) is 3.75. The number of piperazine rings is 1. The van der Waals surface area contributed by atoms with Crippen LogP contribution in [0.2, 0.25) is 0 Å². The molecule has 4 heteroatoms. The Labute approximate surface area is 81.3 Å². The molecule has 0 saturated carbocycles. The molecule has 1 heterocycles. The van der Waals surface area contributed by atoms with E-state index in [0.29, 0.717) is 18.7 Å². The van der Waals surface area contributed by atoms with Gasteiger partial charge in [-0.1, -0.05) is 12.1 Å². The van der Waals surface area contributed by atoms with Gasteiger partial charge in [0, 0.05) is 13.1 Å². The molecule has 1 aromatic carbocycles. The fourth-order valence-electron chi connectivity index (χ4n) is 1.55. The Balaban J connectivity index is 2.24. The number of carbonyl (C=O) groups is 1. The predicted octanol–water partition coefficient (Wildman–Crippen LogP) is 0.586. The lowest BCUT2D eigenvalue weighted by molar-refractivity contribution is -0.124. The average molecular weight is 194 g/mol. The molecule has 1 fully saturated rings. The van der Waals surface area contributed by atoms with Crippen LogP contribution >= 0.6 is 0 Å². The van der Waals surface area contributed by atoms with Crippen molar-refractivity contribution in [2.45, 2.75) is 6.04 Å². The number of carbonyl (C=O) groups excluding carboxylic acids is 1. The highest BCUT2D eigenvalue weighted by atomic mass is 19.1. The van der Waals surface area contributed by atoms with E-state index in [9.17, 15) is 9.18 Å². The molecule has 0 unspecified atom stereocenters. The zero-order valence-electron chi connectivity index (χ0n) is 7.59. The van der Waals surface area contributed by atoms with Crippen LogP contribution in [0.4, 0.5) is 4.39 Å². The fraction of sp³-hybridized carbons (Fsp3) is 0.300. The van der Waals surface area contributed by atoms with Gasteiger partial charge in [0.1, 0.15) is 11.9 Å². The monoisotopic (exact) mass is 194 g/mol. The van der Waals surface area contributed by atoms with Crippen molar-refractivity contribution >= 4 is 5.91 Å². The largest absolute Gasteiger partial charge is 0.353 e. The Bertz CT molecular complexity index is 354. The van der Waals surface area contributed by atoms with Crippen LogP contribution in [-0.4, -0.2) is 19.0 Å². The maximum atomic E-state index is 12.9. The minimum absolute atomic E-state index is 0.0955. The molecule has 2 N–H and O–H groups in total. The summed E-state index contributed by atoms with van der Waals surface area (Å²) in [7, 11) is 0. The number of hydrogen-bond donors (Lipinski definition) is 2. The quantitative estimate of drug-likeness (QED) is 0.686. The standard InChI is InChI=1S/C10H11FN2O/c11-8-3-1-2-7(6-8)9-10(14)13-5-4-12-9/h1-3,6,9,12H,4-5H2,(H,13,14)/t9-/m0/s1. The molecular weight excluding hydrogens is 183 g/mol. The van der Waals surface area contributed by atoms with E-state index in [1.807, 2.05) is 0 Å².